The van der Waals surface area contributed by atoms with Crippen LogP contribution in [0, 0.1) is 0 Å². The monoisotopic (exact) mass is 389 g/mol. The molecule has 6 nitrogen and oxygen atoms in total. The summed E-state index contributed by atoms with van der Waals surface area (Å²) in [7, 11) is 0. The van der Waals surface area contributed by atoms with Gasteiger partial charge in [-0.05, 0) is 40.1 Å². The number of nitrogens with zero attached hydrogens (tertiary/aromatic N) is 2. The second-order valence-electron chi connectivity index (χ2n) is 3.49. The van der Waals surface area contributed by atoms with E-state index in [1.807, 2.05) is 0 Å². The van der Waals surface area contributed by atoms with Crippen LogP contribution in [0.15, 0.2) is 25.6 Å². The zero-order valence-electron chi connectivity index (χ0n) is 9.81. The molecule has 0 spiro atoms. The summed E-state index contributed by atoms with van der Waals surface area (Å²) in [4.78, 5) is 15.4. The molecule has 0 amide bonds. The Morgan fingerprint density at radius 1 is 1.47 bits per heavy atom. The van der Waals surface area contributed by atoms with Gasteiger partial charge in [0.2, 0.25) is 0 Å². The van der Waals surface area contributed by atoms with Crippen molar-refractivity contribution in [2.24, 2.45) is 0 Å². The minimum absolute atomic E-state index is 0.132. The quantitative estimate of drug-likeness (QED) is 0.639. The maximum Gasteiger partial charge on any atom is 0.379 e. The van der Waals surface area contributed by atoms with Gasteiger partial charge in [-0.3, -0.25) is 0 Å². The average Bonchev–Trinajstić information content (AvgIpc) is 2.83. The summed E-state index contributed by atoms with van der Waals surface area (Å²) in [6.45, 7) is 1.94. The first kappa shape index (κ1) is 14.0. The summed E-state index contributed by atoms with van der Waals surface area (Å²) in [5.41, 5.74) is 6.89. The molecule has 2 aromatic rings. The molecule has 2 N–H and O–H groups in total. The predicted octanol–water partition coefficient (Wildman–Crippen LogP) is 3.02. The first-order valence-corrected chi connectivity index (χ1v) is 6.87. The van der Waals surface area contributed by atoms with E-state index in [9.17, 15) is 4.79 Å². The van der Waals surface area contributed by atoms with E-state index < -0.39 is 5.97 Å². The lowest BCUT2D eigenvalue weighted by Crippen LogP contribution is -2.06. The predicted molar refractivity (Wildman–Crippen MR) is 75.5 cm³/mol. The van der Waals surface area contributed by atoms with Crippen molar-refractivity contribution in [3.05, 3.63) is 26.9 Å². The maximum atomic E-state index is 11.5. The molecular formula is C11H9Br2N3O3. The molecule has 8 heteroatoms. The number of aromatic nitrogens is 2. The van der Waals surface area contributed by atoms with Crippen LogP contribution in [0.5, 0.6) is 0 Å². The SMILES string of the molecule is CCOC(=O)c1noc(-c2cc(Br)cc(Br)c2N)n1. The van der Waals surface area contributed by atoms with Crippen molar-refractivity contribution in [1.82, 2.24) is 10.1 Å². The van der Waals surface area contributed by atoms with Crippen molar-refractivity contribution in [2.45, 2.75) is 6.92 Å². The van der Waals surface area contributed by atoms with Crippen molar-refractivity contribution in [3.8, 4) is 11.5 Å². The molecule has 19 heavy (non-hydrogen) atoms. The average molecular weight is 391 g/mol. The number of nitrogens with two attached hydrogens (primary N) is 1. The van der Waals surface area contributed by atoms with Crippen molar-refractivity contribution >= 4 is 43.5 Å². The highest BCUT2D eigenvalue weighted by Crippen LogP contribution is 2.34. The number of halogens is 2. The van der Waals surface area contributed by atoms with Crippen molar-refractivity contribution < 1.29 is 14.1 Å². The van der Waals surface area contributed by atoms with Crippen LogP contribution in [-0.4, -0.2) is 22.7 Å². The van der Waals surface area contributed by atoms with Gasteiger partial charge in [0, 0.05) is 8.95 Å². The van der Waals surface area contributed by atoms with Gasteiger partial charge in [-0.1, -0.05) is 15.9 Å². The minimum atomic E-state index is -0.634. The molecule has 0 saturated heterocycles. The lowest BCUT2D eigenvalue weighted by molar-refractivity contribution is 0.0508. The highest BCUT2D eigenvalue weighted by Gasteiger charge is 2.19. The third kappa shape index (κ3) is 2.95. The van der Waals surface area contributed by atoms with E-state index in [1.165, 1.54) is 0 Å². The number of hydrogen-bond donors (Lipinski definition) is 1. The topological polar surface area (TPSA) is 91.2 Å². The molecule has 0 aliphatic heterocycles. The van der Waals surface area contributed by atoms with E-state index in [4.69, 9.17) is 15.0 Å². The Bertz CT molecular complexity index is 628. The number of benzene rings is 1. The van der Waals surface area contributed by atoms with Gasteiger partial charge in [-0.15, -0.1) is 0 Å². The van der Waals surface area contributed by atoms with Crippen LogP contribution in [0.2, 0.25) is 0 Å². The minimum Gasteiger partial charge on any atom is -0.460 e. The molecule has 0 aliphatic carbocycles. The summed E-state index contributed by atoms with van der Waals surface area (Å²) in [6.07, 6.45) is 0. The highest BCUT2D eigenvalue weighted by atomic mass is 79.9. The van der Waals surface area contributed by atoms with E-state index in [2.05, 4.69) is 42.0 Å². The summed E-state index contributed by atoms with van der Waals surface area (Å²) in [5, 5.41) is 3.56. The fourth-order valence-electron chi connectivity index (χ4n) is 1.37. The van der Waals surface area contributed by atoms with Gasteiger partial charge < -0.3 is 15.0 Å². The van der Waals surface area contributed by atoms with Gasteiger partial charge in [0.15, 0.2) is 0 Å². The smallest absolute Gasteiger partial charge is 0.379 e. The van der Waals surface area contributed by atoms with Crippen molar-refractivity contribution in [3.63, 3.8) is 0 Å². The number of hydrogen-bond acceptors (Lipinski definition) is 6. The lowest BCUT2D eigenvalue weighted by Gasteiger charge is -2.04. The number of carbonyl (C=O) groups excluding carboxylic acids is 1. The molecule has 1 aromatic heterocycles. The van der Waals surface area contributed by atoms with Crippen LogP contribution in [0.1, 0.15) is 17.5 Å². The molecule has 0 bridgehead atoms. The fraction of sp³-hybridized carbons (Fsp3) is 0.182. The number of anilines is 1. The largest absolute Gasteiger partial charge is 0.460 e. The van der Waals surface area contributed by atoms with Crippen LogP contribution in [0.25, 0.3) is 11.5 Å². The lowest BCUT2D eigenvalue weighted by atomic mass is 10.2. The van der Waals surface area contributed by atoms with Crippen molar-refractivity contribution in [1.29, 1.82) is 0 Å². The zero-order valence-corrected chi connectivity index (χ0v) is 13.0. The Kier molecular flexibility index (Phi) is 4.20. The summed E-state index contributed by atoms with van der Waals surface area (Å²) in [5.74, 6) is -0.611. The molecule has 0 fully saturated rings. The molecule has 100 valence electrons. The number of esters is 1. The fourth-order valence-corrected chi connectivity index (χ4v) is 2.60. The molecule has 1 aromatic carbocycles. The van der Waals surface area contributed by atoms with Crippen LogP contribution < -0.4 is 5.73 Å². The Labute approximate surface area is 125 Å². The van der Waals surface area contributed by atoms with Gasteiger partial charge in [0.05, 0.1) is 17.9 Å². The second-order valence-corrected chi connectivity index (χ2v) is 5.26. The Morgan fingerprint density at radius 2 is 2.21 bits per heavy atom. The molecule has 0 saturated carbocycles. The zero-order chi connectivity index (χ0) is 14.0. The Balaban J connectivity index is 2.41. The highest BCUT2D eigenvalue weighted by molar-refractivity contribution is 9.11. The van der Waals surface area contributed by atoms with E-state index in [1.54, 1.807) is 19.1 Å². The van der Waals surface area contributed by atoms with Crippen LogP contribution in [-0.2, 0) is 4.74 Å². The van der Waals surface area contributed by atoms with Crippen LogP contribution in [0.3, 0.4) is 0 Å². The van der Waals surface area contributed by atoms with Gasteiger partial charge >= 0.3 is 5.97 Å². The first-order valence-electron chi connectivity index (χ1n) is 5.28. The van der Waals surface area contributed by atoms with E-state index in [0.29, 0.717) is 15.7 Å². The summed E-state index contributed by atoms with van der Waals surface area (Å²) >= 11 is 6.66. The van der Waals surface area contributed by atoms with Gasteiger partial charge in [-0.2, -0.15) is 4.98 Å². The first-order chi connectivity index (χ1) is 9.02. The Morgan fingerprint density at radius 3 is 2.89 bits per heavy atom. The number of nitrogen functional groups attached to an aromatic ring is 1. The third-order valence-electron chi connectivity index (χ3n) is 2.21. The third-order valence-corrected chi connectivity index (χ3v) is 3.32. The normalized spacial score (nSPS) is 10.5. The number of ether oxygens (including phenoxy) is 1. The van der Waals surface area contributed by atoms with Crippen molar-refractivity contribution in [2.75, 3.05) is 12.3 Å². The molecule has 0 atom stereocenters. The molecule has 2 rings (SSSR count). The molecule has 0 radical (unpaired) electrons. The van der Waals surface area contributed by atoms with Gasteiger partial charge in [0.25, 0.3) is 11.7 Å². The van der Waals surface area contributed by atoms with E-state index >= 15 is 0 Å². The molecule has 1 heterocycles. The van der Waals surface area contributed by atoms with Gasteiger partial charge in [0.1, 0.15) is 0 Å². The standard InChI is InChI=1S/C11H9Br2N3O3/c1-2-18-11(17)9-15-10(19-16-9)6-3-5(12)4-7(13)8(6)14/h3-4H,2,14H2,1H3. The number of carbonyl (C=O) groups is 1. The maximum absolute atomic E-state index is 11.5. The van der Waals surface area contributed by atoms with Crippen LogP contribution in [0.4, 0.5) is 5.69 Å². The molecular weight excluding hydrogens is 382 g/mol. The molecule has 0 unspecified atom stereocenters. The molecule has 0 aliphatic rings. The second kappa shape index (κ2) is 5.70. The summed E-state index contributed by atoms with van der Waals surface area (Å²) in [6, 6.07) is 3.52. The van der Waals surface area contributed by atoms with Gasteiger partial charge in [-0.25, -0.2) is 4.79 Å². The number of rotatable bonds is 3. The van der Waals surface area contributed by atoms with Crippen LogP contribution >= 0.6 is 31.9 Å². The Hall–Kier alpha value is -1.41. The van der Waals surface area contributed by atoms with E-state index in [0.717, 1.165) is 4.47 Å². The summed E-state index contributed by atoms with van der Waals surface area (Å²) < 4.78 is 11.3. The van der Waals surface area contributed by atoms with E-state index in [-0.39, 0.29) is 18.3 Å².